The molecule has 8 heteroatoms. The Kier molecular flexibility index (Phi) is 3.64. The van der Waals surface area contributed by atoms with Crippen LogP contribution in [0.1, 0.15) is 0 Å². The number of phenolic OH excluding ortho intramolecular Hbond substituents is 1. The first-order valence-electron chi connectivity index (χ1n) is 6.11. The zero-order valence-corrected chi connectivity index (χ0v) is 12.8. The Morgan fingerprint density at radius 2 is 2.00 bits per heavy atom. The minimum atomic E-state index is -0.436. The van der Waals surface area contributed by atoms with Crippen molar-refractivity contribution in [3.8, 4) is 17.3 Å². The molecule has 0 amide bonds. The van der Waals surface area contributed by atoms with Crippen molar-refractivity contribution in [2.24, 2.45) is 0 Å². The van der Waals surface area contributed by atoms with Gasteiger partial charge in [-0.25, -0.2) is 9.97 Å². The van der Waals surface area contributed by atoms with Gasteiger partial charge in [0.15, 0.2) is 5.75 Å². The van der Waals surface area contributed by atoms with Gasteiger partial charge >= 0.3 is 0 Å². The van der Waals surface area contributed by atoms with Crippen LogP contribution in [0.3, 0.4) is 0 Å². The van der Waals surface area contributed by atoms with Crippen LogP contribution in [-0.2, 0) is 0 Å². The summed E-state index contributed by atoms with van der Waals surface area (Å²) < 4.78 is 6.24. The average molecular weight is 338 g/mol. The highest BCUT2D eigenvalue weighted by Crippen LogP contribution is 2.34. The van der Waals surface area contributed by atoms with E-state index < -0.39 is 5.56 Å². The average Bonchev–Trinajstić information content (AvgIpc) is 2.52. The van der Waals surface area contributed by atoms with Crippen molar-refractivity contribution in [3.63, 3.8) is 0 Å². The van der Waals surface area contributed by atoms with E-state index in [0.29, 0.717) is 11.6 Å². The molecule has 0 aliphatic rings. The third-order valence-electron chi connectivity index (χ3n) is 3.12. The van der Waals surface area contributed by atoms with Crippen molar-refractivity contribution in [3.05, 3.63) is 51.1 Å². The molecule has 0 unspecified atom stereocenters. The largest absolute Gasteiger partial charge is 0.504 e. The molecule has 112 valence electrons. The number of pyridine rings is 1. The molecule has 1 N–H and O–H groups in total. The summed E-state index contributed by atoms with van der Waals surface area (Å²) in [6.07, 6.45) is 2.75. The molecular formula is C14H9Cl2N3O3. The molecule has 2 heterocycles. The van der Waals surface area contributed by atoms with Crippen LogP contribution in [0.2, 0.25) is 10.0 Å². The van der Waals surface area contributed by atoms with Crippen molar-refractivity contribution < 1.29 is 9.84 Å². The second-order valence-corrected chi connectivity index (χ2v) is 5.21. The van der Waals surface area contributed by atoms with Gasteiger partial charge in [0, 0.05) is 6.07 Å². The van der Waals surface area contributed by atoms with Crippen LogP contribution >= 0.6 is 23.2 Å². The van der Waals surface area contributed by atoms with Gasteiger partial charge in [0.05, 0.1) is 34.4 Å². The number of ether oxygens (including phenoxy) is 1. The zero-order valence-electron chi connectivity index (χ0n) is 11.2. The van der Waals surface area contributed by atoms with Crippen LogP contribution in [0.25, 0.3) is 16.6 Å². The molecule has 1 aromatic carbocycles. The number of benzene rings is 1. The van der Waals surface area contributed by atoms with Gasteiger partial charge in [-0.1, -0.05) is 23.2 Å². The summed E-state index contributed by atoms with van der Waals surface area (Å²) in [5.74, 6) is 0.145. The zero-order chi connectivity index (χ0) is 15.9. The summed E-state index contributed by atoms with van der Waals surface area (Å²) in [4.78, 5) is 20.7. The van der Waals surface area contributed by atoms with E-state index in [1.807, 2.05) is 0 Å². The van der Waals surface area contributed by atoms with Crippen LogP contribution in [0.15, 0.2) is 35.5 Å². The third-order valence-corrected chi connectivity index (χ3v) is 3.71. The van der Waals surface area contributed by atoms with Crippen molar-refractivity contribution >= 4 is 34.1 Å². The SMILES string of the molecule is COc1ccc(-n2cnc3c(O)c(Cl)cc(Cl)c3c2=O)cn1. The highest BCUT2D eigenvalue weighted by molar-refractivity contribution is 6.39. The van der Waals surface area contributed by atoms with E-state index in [4.69, 9.17) is 27.9 Å². The van der Waals surface area contributed by atoms with Crippen molar-refractivity contribution in [1.82, 2.24) is 14.5 Å². The number of rotatable bonds is 2. The molecule has 0 radical (unpaired) electrons. The van der Waals surface area contributed by atoms with E-state index >= 15 is 0 Å². The number of aromatic nitrogens is 3. The molecule has 3 rings (SSSR count). The lowest BCUT2D eigenvalue weighted by atomic mass is 10.2. The summed E-state index contributed by atoms with van der Waals surface area (Å²) in [7, 11) is 1.50. The van der Waals surface area contributed by atoms with Gasteiger partial charge < -0.3 is 9.84 Å². The Morgan fingerprint density at radius 3 is 2.64 bits per heavy atom. The standard InChI is InChI=1S/C14H9Cl2N3O3/c1-22-10-3-2-7(5-17-10)19-6-18-12-11(14(19)21)8(15)4-9(16)13(12)20/h2-6,20H,1H3. The maximum absolute atomic E-state index is 12.6. The van der Waals surface area contributed by atoms with E-state index in [2.05, 4.69) is 9.97 Å². The number of phenols is 1. The topological polar surface area (TPSA) is 77.2 Å². The molecule has 22 heavy (non-hydrogen) atoms. The van der Waals surface area contributed by atoms with Gasteiger partial charge in [0.2, 0.25) is 5.88 Å². The van der Waals surface area contributed by atoms with Gasteiger partial charge in [-0.05, 0) is 12.1 Å². The van der Waals surface area contributed by atoms with E-state index in [0.717, 1.165) is 0 Å². The Hall–Kier alpha value is -2.31. The molecule has 0 aliphatic carbocycles. The molecule has 0 saturated heterocycles. The van der Waals surface area contributed by atoms with E-state index in [-0.39, 0.29) is 26.7 Å². The number of nitrogens with zero attached hydrogens (tertiary/aromatic N) is 3. The number of aromatic hydroxyl groups is 1. The third kappa shape index (κ3) is 2.26. The fraction of sp³-hybridized carbons (Fsp3) is 0.0714. The van der Waals surface area contributed by atoms with Gasteiger partial charge in [0.1, 0.15) is 11.8 Å². The first-order chi connectivity index (χ1) is 10.5. The maximum Gasteiger partial charge on any atom is 0.267 e. The molecule has 0 fully saturated rings. The lowest BCUT2D eigenvalue weighted by molar-refractivity contribution is 0.398. The lowest BCUT2D eigenvalue weighted by Crippen LogP contribution is -2.19. The number of hydrogen-bond donors (Lipinski definition) is 1. The molecular weight excluding hydrogens is 329 g/mol. The monoisotopic (exact) mass is 337 g/mol. The first-order valence-corrected chi connectivity index (χ1v) is 6.87. The van der Waals surface area contributed by atoms with Gasteiger partial charge in [0.25, 0.3) is 5.56 Å². The van der Waals surface area contributed by atoms with Crippen LogP contribution in [0.5, 0.6) is 11.6 Å². The summed E-state index contributed by atoms with van der Waals surface area (Å²) in [6.45, 7) is 0. The van der Waals surface area contributed by atoms with Crippen LogP contribution in [0, 0.1) is 0 Å². The Balaban J connectivity index is 2.28. The number of fused-ring (bicyclic) bond motifs is 1. The van der Waals surface area contributed by atoms with Crippen molar-refractivity contribution in [2.45, 2.75) is 0 Å². The minimum Gasteiger partial charge on any atom is -0.504 e. The lowest BCUT2D eigenvalue weighted by Gasteiger charge is -2.09. The molecule has 2 aromatic heterocycles. The molecule has 3 aromatic rings. The van der Waals surface area contributed by atoms with Gasteiger partial charge in [-0.3, -0.25) is 9.36 Å². The molecule has 0 aliphatic heterocycles. The quantitative estimate of drug-likeness (QED) is 0.777. The normalized spacial score (nSPS) is 10.9. The minimum absolute atomic E-state index is 0.0354. The van der Waals surface area contributed by atoms with Crippen LogP contribution in [0.4, 0.5) is 0 Å². The van der Waals surface area contributed by atoms with Crippen molar-refractivity contribution in [1.29, 1.82) is 0 Å². The molecule has 6 nitrogen and oxygen atoms in total. The van der Waals surface area contributed by atoms with Crippen molar-refractivity contribution in [2.75, 3.05) is 7.11 Å². The molecule has 0 bridgehead atoms. The van der Waals surface area contributed by atoms with Crippen LogP contribution in [-0.4, -0.2) is 26.8 Å². The predicted octanol–water partition coefficient (Wildman–Crippen LogP) is 2.80. The molecule has 0 saturated carbocycles. The predicted molar refractivity (Wildman–Crippen MR) is 83.4 cm³/mol. The summed E-state index contributed by atoms with van der Waals surface area (Å²) in [6, 6.07) is 4.58. The number of hydrogen-bond acceptors (Lipinski definition) is 5. The van der Waals surface area contributed by atoms with E-state index in [1.165, 1.54) is 30.3 Å². The van der Waals surface area contributed by atoms with Gasteiger partial charge in [-0.15, -0.1) is 0 Å². The molecule has 0 spiro atoms. The fourth-order valence-electron chi connectivity index (χ4n) is 2.03. The van der Waals surface area contributed by atoms with Crippen LogP contribution < -0.4 is 10.3 Å². The summed E-state index contributed by atoms with van der Waals surface area (Å²) in [5.41, 5.74) is 0.111. The number of halogens is 2. The Bertz CT molecular complexity index is 923. The molecule has 0 atom stereocenters. The van der Waals surface area contributed by atoms with E-state index in [1.54, 1.807) is 12.1 Å². The van der Waals surface area contributed by atoms with E-state index in [9.17, 15) is 9.90 Å². The Morgan fingerprint density at radius 1 is 1.23 bits per heavy atom. The smallest absolute Gasteiger partial charge is 0.267 e. The van der Waals surface area contributed by atoms with Gasteiger partial charge in [-0.2, -0.15) is 0 Å². The Labute approximate surface area is 134 Å². The number of methoxy groups -OCH3 is 1. The highest BCUT2D eigenvalue weighted by atomic mass is 35.5. The fourth-order valence-corrected chi connectivity index (χ4v) is 2.57. The first kappa shape index (κ1) is 14.6. The highest BCUT2D eigenvalue weighted by Gasteiger charge is 2.15. The summed E-state index contributed by atoms with van der Waals surface area (Å²) in [5, 5.41) is 10.1. The summed E-state index contributed by atoms with van der Waals surface area (Å²) >= 11 is 11.9. The second-order valence-electron chi connectivity index (χ2n) is 4.39. The maximum atomic E-state index is 12.6. The second kappa shape index (κ2) is 5.47.